The first-order valence-corrected chi connectivity index (χ1v) is 10.4. The van der Waals surface area contributed by atoms with Crippen molar-refractivity contribution in [1.29, 1.82) is 0 Å². The Balaban J connectivity index is 1.37. The van der Waals surface area contributed by atoms with E-state index < -0.39 is 0 Å². The number of anilines is 1. The number of carbonyl (C=O) groups is 2. The quantitative estimate of drug-likeness (QED) is 0.662. The highest BCUT2D eigenvalue weighted by atomic mass is 19.1. The second-order valence-corrected chi connectivity index (χ2v) is 7.83. The molecule has 0 aliphatic carbocycles. The van der Waals surface area contributed by atoms with Crippen LogP contribution in [0.4, 0.5) is 10.1 Å². The van der Waals surface area contributed by atoms with Crippen molar-refractivity contribution < 1.29 is 14.0 Å². The van der Waals surface area contributed by atoms with Crippen LogP contribution in [-0.2, 0) is 6.42 Å². The van der Waals surface area contributed by atoms with Gasteiger partial charge in [-0.05, 0) is 56.4 Å². The molecule has 1 aromatic carbocycles. The van der Waals surface area contributed by atoms with E-state index in [9.17, 15) is 14.0 Å². The van der Waals surface area contributed by atoms with Crippen molar-refractivity contribution in [3.8, 4) is 0 Å². The number of benzene rings is 1. The minimum absolute atomic E-state index is 0.114. The molecular weight excluding hydrogens is 411 g/mol. The number of nitrogens with zero attached hydrogens (tertiary/aromatic N) is 5. The van der Waals surface area contributed by atoms with E-state index >= 15 is 0 Å². The fourth-order valence-electron chi connectivity index (χ4n) is 3.72. The summed E-state index contributed by atoms with van der Waals surface area (Å²) in [5.74, 6) is -0.531. The monoisotopic (exact) mass is 434 g/mol. The third kappa shape index (κ3) is 5.11. The fourth-order valence-corrected chi connectivity index (χ4v) is 3.72. The number of carbonyl (C=O) groups excluding carboxylic acids is 2. The van der Waals surface area contributed by atoms with E-state index in [-0.39, 0.29) is 23.5 Å². The number of nitrogens with one attached hydrogen (secondary N) is 1. The van der Waals surface area contributed by atoms with Gasteiger partial charge in [-0.15, -0.1) is 0 Å². The Bertz CT molecular complexity index is 1100. The Kier molecular flexibility index (Phi) is 6.44. The highest BCUT2D eigenvalue weighted by molar-refractivity contribution is 6.04. The molecule has 0 saturated carbocycles. The van der Waals surface area contributed by atoms with Gasteiger partial charge in [-0.25, -0.2) is 19.3 Å². The van der Waals surface area contributed by atoms with Gasteiger partial charge in [0.15, 0.2) is 0 Å². The first-order chi connectivity index (χ1) is 15.5. The van der Waals surface area contributed by atoms with Crippen LogP contribution >= 0.6 is 0 Å². The molecule has 8 nitrogen and oxygen atoms in total. The second kappa shape index (κ2) is 9.59. The molecule has 1 fully saturated rings. The Morgan fingerprint density at radius 1 is 1.06 bits per heavy atom. The third-order valence-corrected chi connectivity index (χ3v) is 5.53. The molecule has 9 heteroatoms. The van der Waals surface area contributed by atoms with E-state index in [0.717, 1.165) is 18.5 Å². The third-order valence-electron chi connectivity index (χ3n) is 5.53. The summed E-state index contributed by atoms with van der Waals surface area (Å²) in [6.07, 6.45) is 8.24. The van der Waals surface area contributed by atoms with Gasteiger partial charge >= 0.3 is 0 Å². The van der Waals surface area contributed by atoms with Gasteiger partial charge < -0.3 is 10.2 Å². The topological polar surface area (TPSA) is 101 Å². The van der Waals surface area contributed by atoms with Crippen LogP contribution < -0.4 is 5.32 Å². The molecule has 1 N–H and O–H groups in total. The average molecular weight is 434 g/mol. The van der Waals surface area contributed by atoms with Crippen LogP contribution in [0.25, 0.3) is 0 Å². The molecule has 1 saturated heterocycles. The SMILES string of the molecule is Cc1cnc(C(=O)N2CCC(Cc3ncncc3C(=O)Nc3ccc(F)cc3)CC2)cn1. The minimum atomic E-state index is -0.369. The Morgan fingerprint density at radius 2 is 1.81 bits per heavy atom. The number of aromatic nitrogens is 4. The number of amides is 2. The smallest absolute Gasteiger partial charge is 0.274 e. The summed E-state index contributed by atoms with van der Waals surface area (Å²) in [4.78, 5) is 43.8. The molecule has 0 unspecified atom stereocenters. The van der Waals surface area contributed by atoms with E-state index in [1.165, 1.54) is 43.0 Å². The van der Waals surface area contributed by atoms with Crippen LogP contribution in [0.3, 0.4) is 0 Å². The van der Waals surface area contributed by atoms with Crippen molar-refractivity contribution in [1.82, 2.24) is 24.8 Å². The number of halogens is 1. The fraction of sp³-hybridized carbons (Fsp3) is 0.304. The zero-order chi connectivity index (χ0) is 22.5. The molecule has 1 aliphatic heterocycles. The van der Waals surface area contributed by atoms with Crippen LogP contribution in [0.2, 0.25) is 0 Å². The van der Waals surface area contributed by atoms with Gasteiger partial charge in [0.05, 0.1) is 23.1 Å². The normalized spacial score (nSPS) is 14.2. The first kappa shape index (κ1) is 21.5. The second-order valence-electron chi connectivity index (χ2n) is 7.83. The van der Waals surface area contributed by atoms with Crippen molar-refractivity contribution in [3.63, 3.8) is 0 Å². The van der Waals surface area contributed by atoms with Gasteiger partial charge in [0.1, 0.15) is 17.8 Å². The van der Waals surface area contributed by atoms with Crippen LogP contribution in [0.15, 0.2) is 49.2 Å². The molecule has 0 bridgehead atoms. The van der Waals surface area contributed by atoms with Crippen LogP contribution in [0.1, 0.15) is 45.1 Å². The number of piperidine rings is 1. The number of hydrogen-bond donors (Lipinski definition) is 1. The summed E-state index contributed by atoms with van der Waals surface area (Å²) in [5.41, 5.74) is 2.67. The molecule has 164 valence electrons. The maximum absolute atomic E-state index is 13.1. The lowest BCUT2D eigenvalue weighted by Crippen LogP contribution is -2.39. The summed E-state index contributed by atoms with van der Waals surface area (Å²) >= 11 is 0. The van der Waals surface area contributed by atoms with Gasteiger partial charge in [-0.2, -0.15) is 0 Å². The Hall–Kier alpha value is -3.75. The van der Waals surface area contributed by atoms with Crippen molar-refractivity contribution >= 4 is 17.5 Å². The Morgan fingerprint density at radius 3 is 2.50 bits per heavy atom. The van der Waals surface area contributed by atoms with E-state index in [4.69, 9.17) is 0 Å². The van der Waals surface area contributed by atoms with E-state index in [0.29, 0.717) is 42.1 Å². The summed E-state index contributed by atoms with van der Waals surface area (Å²) in [6.45, 7) is 3.05. The van der Waals surface area contributed by atoms with Gasteiger partial charge in [0.25, 0.3) is 11.8 Å². The molecule has 3 aromatic rings. The molecule has 2 aromatic heterocycles. The zero-order valence-corrected chi connectivity index (χ0v) is 17.7. The molecule has 4 rings (SSSR count). The van der Waals surface area contributed by atoms with Crippen molar-refractivity contribution in [3.05, 3.63) is 77.6 Å². The standard InChI is InChI=1S/C23H23FN6O2/c1-15-11-27-21(13-26-15)23(32)30-8-6-16(7-9-30)10-20-19(12-25-14-28-20)22(31)29-18-4-2-17(24)3-5-18/h2-5,11-14,16H,6-10H2,1H3,(H,29,31). The van der Waals surface area contributed by atoms with Crippen molar-refractivity contribution in [2.24, 2.45) is 5.92 Å². The lowest BCUT2D eigenvalue weighted by molar-refractivity contribution is 0.0683. The van der Waals surface area contributed by atoms with Crippen molar-refractivity contribution in [2.75, 3.05) is 18.4 Å². The number of likely N-dealkylation sites (tertiary alicyclic amines) is 1. The molecular formula is C23H23FN6O2. The molecule has 0 spiro atoms. The first-order valence-electron chi connectivity index (χ1n) is 10.4. The molecule has 32 heavy (non-hydrogen) atoms. The molecule has 1 aliphatic rings. The van der Waals surface area contributed by atoms with Crippen LogP contribution in [0.5, 0.6) is 0 Å². The number of aryl methyl sites for hydroxylation is 1. The summed E-state index contributed by atoms with van der Waals surface area (Å²) in [5, 5.41) is 2.76. The van der Waals surface area contributed by atoms with Gasteiger partial charge in [0, 0.05) is 31.2 Å². The Labute approximate surface area is 185 Å². The lowest BCUT2D eigenvalue weighted by atomic mass is 9.90. The molecule has 3 heterocycles. The predicted octanol–water partition coefficient (Wildman–Crippen LogP) is 3.06. The van der Waals surface area contributed by atoms with Crippen LogP contribution in [-0.4, -0.2) is 49.7 Å². The summed E-state index contributed by atoms with van der Waals surface area (Å²) in [7, 11) is 0. The summed E-state index contributed by atoms with van der Waals surface area (Å²) < 4.78 is 13.1. The molecule has 0 atom stereocenters. The number of hydrogen-bond acceptors (Lipinski definition) is 6. The maximum Gasteiger partial charge on any atom is 0.274 e. The zero-order valence-electron chi connectivity index (χ0n) is 17.7. The van der Waals surface area contributed by atoms with Gasteiger partial charge in [-0.1, -0.05) is 0 Å². The number of rotatable bonds is 5. The lowest BCUT2D eigenvalue weighted by Gasteiger charge is -2.31. The van der Waals surface area contributed by atoms with Gasteiger partial charge in [0.2, 0.25) is 0 Å². The minimum Gasteiger partial charge on any atom is -0.337 e. The largest absolute Gasteiger partial charge is 0.337 e. The highest BCUT2D eigenvalue weighted by Gasteiger charge is 2.26. The maximum atomic E-state index is 13.1. The van der Waals surface area contributed by atoms with E-state index in [1.807, 2.05) is 6.92 Å². The average Bonchev–Trinajstić information content (AvgIpc) is 2.81. The van der Waals surface area contributed by atoms with Gasteiger partial charge in [-0.3, -0.25) is 14.6 Å². The van der Waals surface area contributed by atoms with E-state index in [2.05, 4.69) is 25.3 Å². The van der Waals surface area contributed by atoms with E-state index in [1.54, 1.807) is 11.1 Å². The molecule has 2 amide bonds. The molecule has 0 radical (unpaired) electrons. The van der Waals surface area contributed by atoms with Crippen LogP contribution in [0, 0.1) is 18.7 Å². The summed E-state index contributed by atoms with van der Waals surface area (Å²) in [6, 6.07) is 5.58. The predicted molar refractivity (Wildman–Crippen MR) is 115 cm³/mol. The highest BCUT2D eigenvalue weighted by Crippen LogP contribution is 2.23. The van der Waals surface area contributed by atoms with Crippen molar-refractivity contribution in [2.45, 2.75) is 26.2 Å².